The maximum absolute atomic E-state index is 13.9. The van der Waals surface area contributed by atoms with Crippen molar-refractivity contribution in [2.24, 2.45) is 0 Å². The van der Waals surface area contributed by atoms with Crippen LogP contribution >= 0.6 is 11.3 Å². The smallest absolute Gasteiger partial charge is 0.301 e. The number of rotatable bonds is 8. The van der Waals surface area contributed by atoms with Gasteiger partial charge in [-0.2, -0.15) is 0 Å². The second kappa shape index (κ2) is 11.2. The quantitative estimate of drug-likeness (QED) is 0.113. The molecular weight excluding hydrogens is 547 g/mol. The number of aromatic nitrogens is 1. The van der Waals surface area contributed by atoms with Gasteiger partial charge in [0.2, 0.25) is 0 Å². The Kier molecular flexibility index (Phi) is 7.32. The van der Waals surface area contributed by atoms with E-state index in [9.17, 15) is 19.1 Å². The van der Waals surface area contributed by atoms with Gasteiger partial charge in [0.1, 0.15) is 30.5 Å². The molecule has 8 nitrogen and oxygen atoms in total. The molecule has 1 atom stereocenters. The maximum atomic E-state index is 13.9. The van der Waals surface area contributed by atoms with E-state index >= 15 is 0 Å². The predicted molar refractivity (Wildman–Crippen MR) is 153 cm³/mol. The van der Waals surface area contributed by atoms with E-state index in [1.165, 1.54) is 23.1 Å². The van der Waals surface area contributed by atoms with Gasteiger partial charge in [-0.05, 0) is 60.5 Å². The molecule has 6 rings (SSSR count). The average molecular weight is 575 g/mol. The average Bonchev–Trinajstić information content (AvgIpc) is 3.52. The number of carbonyl (C=O) groups is 2. The lowest BCUT2D eigenvalue weighted by Crippen LogP contribution is -2.29. The number of ketones is 1. The SMILES string of the molecule is CCCCCOc1cccc(C2C(=C(O)c3ccc4c(c3)OCCO4)C(=O)C(=O)N2c2nc3ccc(F)cc3s2)c1. The summed E-state index contributed by atoms with van der Waals surface area (Å²) in [6.45, 7) is 3.40. The lowest BCUT2D eigenvalue weighted by molar-refractivity contribution is -0.132. The number of benzene rings is 3. The molecule has 1 N–H and O–H groups in total. The van der Waals surface area contributed by atoms with E-state index in [-0.39, 0.29) is 16.5 Å². The van der Waals surface area contributed by atoms with Crippen LogP contribution in [-0.2, 0) is 9.59 Å². The van der Waals surface area contributed by atoms with Crippen LogP contribution in [0.4, 0.5) is 9.52 Å². The normalized spacial score (nSPS) is 17.8. The zero-order valence-corrected chi connectivity index (χ0v) is 23.1. The lowest BCUT2D eigenvalue weighted by Gasteiger charge is -2.24. The van der Waals surface area contributed by atoms with Crippen molar-refractivity contribution >= 4 is 44.1 Å². The third kappa shape index (κ3) is 5.11. The Bertz CT molecular complexity index is 1680. The summed E-state index contributed by atoms with van der Waals surface area (Å²) in [5.74, 6) is -0.951. The summed E-state index contributed by atoms with van der Waals surface area (Å²) >= 11 is 1.09. The highest BCUT2D eigenvalue weighted by molar-refractivity contribution is 7.22. The third-order valence-corrected chi connectivity index (χ3v) is 8.01. The Hall–Kier alpha value is -4.44. The number of halogens is 1. The van der Waals surface area contributed by atoms with Gasteiger partial charge in [-0.15, -0.1) is 0 Å². The number of carbonyl (C=O) groups excluding carboxylic acids is 2. The number of amides is 1. The molecule has 1 fully saturated rings. The summed E-state index contributed by atoms with van der Waals surface area (Å²) in [6.07, 6.45) is 2.99. The number of hydrogen-bond donors (Lipinski definition) is 1. The van der Waals surface area contributed by atoms with Crippen LogP contribution < -0.4 is 19.1 Å². The molecule has 3 heterocycles. The standard InChI is InChI=1S/C31H27FN2O6S/c1-2-3-4-12-38-21-7-5-6-18(15-21)27-26(28(35)19-8-11-23-24(16-19)40-14-13-39-23)29(36)30(37)34(27)31-33-22-10-9-20(32)17-25(22)41-31/h5-11,15-17,27,35H,2-4,12-14H2,1H3. The molecule has 2 aliphatic rings. The number of ether oxygens (including phenoxy) is 3. The summed E-state index contributed by atoms with van der Waals surface area (Å²) in [7, 11) is 0. The van der Waals surface area contributed by atoms with Crippen molar-refractivity contribution in [3.8, 4) is 17.2 Å². The number of unbranched alkanes of at least 4 members (excludes halogenated alkanes) is 2. The number of aliphatic hydroxyl groups is 1. The third-order valence-electron chi connectivity index (χ3n) is 7.00. The molecule has 0 aliphatic carbocycles. The minimum Gasteiger partial charge on any atom is -0.507 e. The number of anilines is 1. The molecule has 0 bridgehead atoms. The second-order valence-electron chi connectivity index (χ2n) is 9.76. The van der Waals surface area contributed by atoms with Crippen LogP contribution in [-0.4, -0.2) is 41.6 Å². The first-order valence-corrected chi connectivity index (χ1v) is 14.3. The molecule has 1 aromatic heterocycles. The van der Waals surface area contributed by atoms with Crippen molar-refractivity contribution in [3.63, 3.8) is 0 Å². The van der Waals surface area contributed by atoms with Crippen molar-refractivity contribution < 1.29 is 33.3 Å². The van der Waals surface area contributed by atoms with E-state index < -0.39 is 23.5 Å². The fraction of sp³-hybridized carbons (Fsp3) is 0.258. The van der Waals surface area contributed by atoms with E-state index in [2.05, 4.69) is 11.9 Å². The topological polar surface area (TPSA) is 98.2 Å². The van der Waals surface area contributed by atoms with Crippen molar-refractivity contribution in [1.29, 1.82) is 0 Å². The number of Topliss-reactive ketones (excluding diaryl/α,β-unsaturated/α-hetero) is 1. The Morgan fingerprint density at radius 1 is 1.07 bits per heavy atom. The first-order valence-electron chi connectivity index (χ1n) is 13.4. The Morgan fingerprint density at radius 2 is 1.90 bits per heavy atom. The fourth-order valence-corrected chi connectivity index (χ4v) is 6.01. The molecule has 2 aliphatic heterocycles. The van der Waals surface area contributed by atoms with Gasteiger partial charge < -0.3 is 19.3 Å². The predicted octanol–water partition coefficient (Wildman–Crippen LogP) is 6.40. The molecule has 210 valence electrons. The van der Waals surface area contributed by atoms with Crippen LogP contribution in [0.2, 0.25) is 0 Å². The molecule has 10 heteroatoms. The molecule has 41 heavy (non-hydrogen) atoms. The molecule has 1 saturated heterocycles. The van der Waals surface area contributed by atoms with Crippen LogP contribution in [0, 0.1) is 5.82 Å². The number of fused-ring (bicyclic) bond motifs is 2. The molecule has 0 saturated carbocycles. The van der Waals surface area contributed by atoms with Gasteiger partial charge in [0.15, 0.2) is 16.6 Å². The van der Waals surface area contributed by atoms with Crippen molar-refractivity contribution in [3.05, 3.63) is 83.2 Å². The van der Waals surface area contributed by atoms with Gasteiger partial charge in [0, 0.05) is 5.56 Å². The highest BCUT2D eigenvalue weighted by Gasteiger charge is 2.48. The first kappa shape index (κ1) is 26.8. The van der Waals surface area contributed by atoms with Crippen LogP contribution in [0.25, 0.3) is 16.0 Å². The van der Waals surface area contributed by atoms with E-state index in [1.54, 1.807) is 36.4 Å². The van der Waals surface area contributed by atoms with Gasteiger partial charge in [-0.3, -0.25) is 14.5 Å². The molecule has 1 amide bonds. The largest absolute Gasteiger partial charge is 0.507 e. The Morgan fingerprint density at radius 3 is 2.73 bits per heavy atom. The van der Waals surface area contributed by atoms with Crippen LogP contribution in [0.1, 0.15) is 43.4 Å². The summed E-state index contributed by atoms with van der Waals surface area (Å²) in [5.41, 5.74) is 1.25. The van der Waals surface area contributed by atoms with E-state index in [0.29, 0.717) is 58.4 Å². The van der Waals surface area contributed by atoms with Gasteiger partial charge in [0.05, 0.1) is 28.4 Å². The molecular formula is C31H27FN2O6S. The second-order valence-corrected chi connectivity index (χ2v) is 10.8. The molecule has 4 aromatic rings. The van der Waals surface area contributed by atoms with Gasteiger partial charge in [0.25, 0.3) is 5.78 Å². The fourth-order valence-electron chi connectivity index (χ4n) is 5.00. The molecule has 0 radical (unpaired) electrons. The van der Waals surface area contributed by atoms with Crippen molar-refractivity contribution in [1.82, 2.24) is 4.98 Å². The molecule has 1 unspecified atom stereocenters. The van der Waals surface area contributed by atoms with Gasteiger partial charge >= 0.3 is 5.91 Å². The number of nitrogens with zero attached hydrogens (tertiary/aromatic N) is 2. The van der Waals surface area contributed by atoms with E-state index in [1.807, 2.05) is 6.07 Å². The van der Waals surface area contributed by atoms with Gasteiger partial charge in [-0.1, -0.05) is 43.2 Å². The van der Waals surface area contributed by atoms with Crippen LogP contribution in [0.3, 0.4) is 0 Å². The Balaban J connectivity index is 1.48. The molecule has 0 spiro atoms. The maximum Gasteiger partial charge on any atom is 0.301 e. The van der Waals surface area contributed by atoms with E-state index in [4.69, 9.17) is 14.2 Å². The Labute approximate surface area is 239 Å². The molecule has 3 aromatic carbocycles. The first-order chi connectivity index (χ1) is 19.9. The summed E-state index contributed by atoms with van der Waals surface area (Å²) < 4.78 is 31.7. The summed E-state index contributed by atoms with van der Waals surface area (Å²) in [4.78, 5) is 33.0. The highest BCUT2D eigenvalue weighted by atomic mass is 32.1. The number of aliphatic hydroxyl groups excluding tert-OH is 1. The summed E-state index contributed by atoms with van der Waals surface area (Å²) in [5, 5.41) is 11.8. The summed E-state index contributed by atoms with van der Waals surface area (Å²) in [6, 6.07) is 15.1. The van der Waals surface area contributed by atoms with Crippen LogP contribution in [0.5, 0.6) is 17.2 Å². The zero-order chi connectivity index (χ0) is 28.5. The number of thiazole rings is 1. The van der Waals surface area contributed by atoms with Crippen molar-refractivity contribution in [2.45, 2.75) is 32.2 Å². The van der Waals surface area contributed by atoms with Crippen molar-refractivity contribution in [2.75, 3.05) is 24.7 Å². The zero-order valence-electron chi connectivity index (χ0n) is 22.3. The lowest BCUT2D eigenvalue weighted by atomic mass is 9.95. The monoisotopic (exact) mass is 574 g/mol. The minimum atomic E-state index is -1.01. The van der Waals surface area contributed by atoms with Crippen LogP contribution in [0.15, 0.2) is 66.2 Å². The van der Waals surface area contributed by atoms with E-state index in [0.717, 1.165) is 30.6 Å². The highest BCUT2D eigenvalue weighted by Crippen LogP contribution is 2.45. The minimum absolute atomic E-state index is 0.0970. The number of hydrogen-bond acceptors (Lipinski definition) is 8. The van der Waals surface area contributed by atoms with Gasteiger partial charge in [-0.25, -0.2) is 9.37 Å².